The van der Waals surface area contributed by atoms with Gasteiger partial charge in [0.25, 0.3) is 5.56 Å². The molecule has 1 amide bonds. The largest absolute Gasteiger partial charge is 0.300 e. The quantitative estimate of drug-likeness (QED) is 0.601. The van der Waals surface area contributed by atoms with Crippen LogP contribution in [0.3, 0.4) is 0 Å². The second-order valence-electron chi connectivity index (χ2n) is 6.97. The molecule has 3 heterocycles. The second-order valence-corrected chi connectivity index (χ2v) is 7.89. The molecule has 0 saturated carbocycles. The highest BCUT2D eigenvalue weighted by Gasteiger charge is 2.49. The molecule has 0 aliphatic carbocycles. The molecule has 2 aromatic carbocycles. The van der Waals surface area contributed by atoms with Crippen molar-refractivity contribution in [2.45, 2.75) is 25.4 Å². The maximum Gasteiger partial charge on any atom is 0.300 e. The van der Waals surface area contributed by atoms with Gasteiger partial charge in [0.1, 0.15) is 5.66 Å². The van der Waals surface area contributed by atoms with E-state index in [1.165, 1.54) is 0 Å². The van der Waals surface area contributed by atoms with Gasteiger partial charge in [-0.15, -0.1) is 0 Å². The summed E-state index contributed by atoms with van der Waals surface area (Å²) in [5.41, 5.74) is 1.44. The molecule has 6 nitrogen and oxygen atoms in total. The average molecular weight is 423 g/mol. The van der Waals surface area contributed by atoms with Gasteiger partial charge >= 0.3 is 0 Å². The van der Waals surface area contributed by atoms with Crippen LogP contribution in [0.5, 0.6) is 0 Å². The van der Waals surface area contributed by atoms with Gasteiger partial charge < -0.3 is 0 Å². The molecule has 1 saturated heterocycles. The van der Waals surface area contributed by atoms with E-state index in [9.17, 15) is 9.59 Å². The molecule has 5 rings (SSSR count). The molecule has 2 aliphatic heterocycles. The lowest BCUT2D eigenvalue weighted by Crippen LogP contribution is -2.51. The first kappa shape index (κ1) is 16.4. The number of carbonyl (C=O) groups excluding carboxylic acids is 1. The van der Waals surface area contributed by atoms with Crippen LogP contribution in [0.4, 0.5) is 5.69 Å². The Kier molecular flexibility index (Phi) is 3.40. The van der Waals surface area contributed by atoms with Crippen molar-refractivity contribution in [3.8, 4) is 22.6 Å². The first-order chi connectivity index (χ1) is 13.0. The number of nitrogens with zero attached hydrogens (tertiary/aromatic N) is 4. The monoisotopic (exact) mass is 422 g/mol. The molecule has 0 radical (unpaired) electrons. The Hall–Kier alpha value is -2.80. The Bertz CT molecular complexity index is 1160. The van der Waals surface area contributed by atoms with Crippen LogP contribution in [0.15, 0.2) is 57.8 Å². The third kappa shape index (κ3) is 2.24. The smallest absolute Gasteiger partial charge is 0.286 e. The predicted octanol–water partition coefficient (Wildman–Crippen LogP) is 3.55. The lowest BCUT2D eigenvalue weighted by Gasteiger charge is -2.42. The van der Waals surface area contributed by atoms with E-state index in [0.29, 0.717) is 29.9 Å². The summed E-state index contributed by atoms with van der Waals surface area (Å²) >= 11 is 3.47. The van der Waals surface area contributed by atoms with Crippen molar-refractivity contribution < 1.29 is 4.79 Å². The summed E-state index contributed by atoms with van der Waals surface area (Å²) < 4.78 is 2.60. The highest BCUT2D eigenvalue weighted by atomic mass is 79.9. The number of aromatic nitrogens is 3. The average Bonchev–Trinajstić information content (AvgIpc) is 2.98. The topological polar surface area (TPSA) is 68.1 Å². The van der Waals surface area contributed by atoms with Crippen molar-refractivity contribution in [2.24, 2.45) is 0 Å². The van der Waals surface area contributed by atoms with E-state index in [1.807, 2.05) is 55.5 Å². The number of carbonyl (C=O) groups is 1. The first-order valence-corrected chi connectivity index (χ1v) is 9.48. The normalized spacial score (nSPS) is 20.2. The van der Waals surface area contributed by atoms with Crippen LogP contribution in [0.1, 0.15) is 19.8 Å². The first-order valence-electron chi connectivity index (χ1n) is 8.69. The minimum atomic E-state index is -0.683. The Morgan fingerprint density at radius 1 is 1.11 bits per heavy atom. The number of rotatable bonds is 1. The lowest BCUT2D eigenvalue weighted by atomic mass is 10.0. The second kappa shape index (κ2) is 5.60. The van der Waals surface area contributed by atoms with Crippen LogP contribution in [-0.4, -0.2) is 20.7 Å². The fourth-order valence-corrected chi connectivity index (χ4v) is 4.35. The van der Waals surface area contributed by atoms with Gasteiger partial charge in [-0.2, -0.15) is 10.1 Å². The number of benzene rings is 2. The van der Waals surface area contributed by atoms with Gasteiger partial charge in [-0.3, -0.25) is 14.5 Å². The van der Waals surface area contributed by atoms with Crippen molar-refractivity contribution in [3.63, 3.8) is 0 Å². The van der Waals surface area contributed by atoms with E-state index >= 15 is 0 Å². The molecule has 0 N–H and O–H groups in total. The molecule has 7 heteroatoms. The zero-order valence-electron chi connectivity index (χ0n) is 14.5. The number of amides is 1. The van der Waals surface area contributed by atoms with E-state index in [-0.39, 0.29) is 11.5 Å². The zero-order valence-corrected chi connectivity index (χ0v) is 16.1. The molecule has 3 aromatic rings. The number of halogens is 1. The Morgan fingerprint density at radius 2 is 1.89 bits per heavy atom. The maximum absolute atomic E-state index is 12.8. The lowest BCUT2D eigenvalue weighted by molar-refractivity contribution is -0.117. The molecule has 134 valence electrons. The van der Waals surface area contributed by atoms with Gasteiger partial charge in [-0.25, -0.2) is 4.68 Å². The van der Waals surface area contributed by atoms with Gasteiger partial charge in [0.2, 0.25) is 5.91 Å². The summed E-state index contributed by atoms with van der Waals surface area (Å²) in [4.78, 5) is 31.6. The molecule has 0 spiro atoms. The van der Waals surface area contributed by atoms with Crippen LogP contribution in [-0.2, 0) is 10.5 Å². The van der Waals surface area contributed by atoms with Crippen LogP contribution < -0.4 is 10.5 Å². The van der Waals surface area contributed by atoms with Crippen molar-refractivity contribution in [2.75, 3.05) is 4.90 Å². The third-order valence-electron chi connectivity index (χ3n) is 5.30. The molecule has 27 heavy (non-hydrogen) atoms. The minimum Gasteiger partial charge on any atom is -0.286 e. The van der Waals surface area contributed by atoms with Gasteiger partial charge in [0.15, 0.2) is 11.5 Å². The van der Waals surface area contributed by atoms with Crippen LogP contribution in [0.2, 0.25) is 0 Å². The summed E-state index contributed by atoms with van der Waals surface area (Å²) in [6.07, 6.45) is 1.04. The van der Waals surface area contributed by atoms with Gasteiger partial charge in [0, 0.05) is 28.4 Å². The van der Waals surface area contributed by atoms with E-state index in [4.69, 9.17) is 5.10 Å². The van der Waals surface area contributed by atoms with Crippen LogP contribution >= 0.6 is 15.9 Å². The van der Waals surface area contributed by atoms with Crippen molar-refractivity contribution in [1.82, 2.24) is 14.8 Å². The van der Waals surface area contributed by atoms with E-state index in [2.05, 4.69) is 20.9 Å². The zero-order chi connectivity index (χ0) is 18.8. The third-order valence-corrected chi connectivity index (χ3v) is 5.79. The number of hydrogen-bond acceptors (Lipinski definition) is 4. The summed E-state index contributed by atoms with van der Waals surface area (Å²) in [6.45, 7) is 1.97. The fraction of sp³-hybridized carbons (Fsp3) is 0.200. The molecular formula is C20H15BrN4O2. The van der Waals surface area contributed by atoms with Crippen LogP contribution in [0.25, 0.3) is 22.6 Å². The Balaban J connectivity index is 1.85. The molecule has 1 aromatic heterocycles. The SMILES string of the molecule is C[C@@]12CCC(=O)N1c1ccc(Br)cc1-c1nc(=O)c(-c3ccccc3)nn12. The molecule has 1 fully saturated rings. The Labute approximate surface area is 163 Å². The molecule has 0 bridgehead atoms. The molecule has 1 atom stereocenters. The van der Waals surface area contributed by atoms with Crippen molar-refractivity contribution >= 4 is 27.5 Å². The fourth-order valence-electron chi connectivity index (χ4n) is 3.99. The standard InChI is InChI=1S/C20H15BrN4O2/c1-20-10-9-16(26)24(20)15-8-7-13(21)11-14(15)18-22-19(27)17(23-25(18)20)12-5-3-2-4-6-12/h2-8,11H,9-10H2,1H3/t20-/m1/s1. The minimum absolute atomic E-state index is 0.0495. The highest BCUT2D eigenvalue weighted by Crippen LogP contribution is 2.48. The molecule has 2 aliphatic rings. The summed E-state index contributed by atoms with van der Waals surface area (Å²) in [7, 11) is 0. The number of anilines is 1. The van der Waals surface area contributed by atoms with E-state index in [1.54, 1.807) is 9.58 Å². The summed E-state index contributed by atoms with van der Waals surface area (Å²) in [5.74, 6) is 0.540. The summed E-state index contributed by atoms with van der Waals surface area (Å²) in [5, 5.41) is 4.69. The number of fused-ring (bicyclic) bond motifs is 6. The van der Waals surface area contributed by atoms with E-state index in [0.717, 1.165) is 15.7 Å². The van der Waals surface area contributed by atoms with Gasteiger partial charge in [0.05, 0.1) is 5.69 Å². The van der Waals surface area contributed by atoms with Gasteiger partial charge in [-0.05, 0) is 25.1 Å². The number of hydrogen-bond donors (Lipinski definition) is 0. The van der Waals surface area contributed by atoms with Crippen molar-refractivity contribution in [1.29, 1.82) is 0 Å². The Morgan fingerprint density at radius 3 is 2.67 bits per heavy atom. The maximum atomic E-state index is 12.8. The van der Waals surface area contributed by atoms with Crippen LogP contribution in [0, 0.1) is 0 Å². The molecular weight excluding hydrogens is 408 g/mol. The van der Waals surface area contributed by atoms with E-state index < -0.39 is 5.66 Å². The predicted molar refractivity (Wildman–Crippen MR) is 105 cm³/mol. The van der Waals surface area contributed by atoms with Crippen molar-refractivity contribution in [3.05, 3.63) is 63.4 Å². The molecule has 0 unspecified atom stereocenters. The summed E-state index contributed by atoms with van der Waals surface area (Å²) in [6, 6.07) is 14.9. The van der Waals surface area contributed by atoms with Gasteiger partial charge in [-0.1, -0.05) is 46.3 Å². The highest BCUT2D eigenvalue weighted by molar-refractivity contribution is 9.10.